The van der Waals surface area contributed by atoms with Crippen LogP contribution in [0.4, 0.5) is 0 Å². The van der Waals surface area contributed by atoms with E-state index in [4.69, 9.17) is 14.6 Å². The number of para-hydroxylation sites is 2. The van der Waals surface area contributed by atoms with Gasteiger partial charge in [-0.05, 0) is 17.5 Å². The zero-order valence-electron chi connectivity index (χ0n) is 12.7. The molecule has 1 aromatic carbocycles. The van der Waals surface area contributed by atoms with Crippen LogP contribution in [0.25, 0.3) is 0 Å². The zero-order valence-corrected chi connectivity index (χ0v) is 12.7. The summed E-state index contributed by atoms with van der Waals surface area (Å²) in [6.07, 6.45) is 0. The van der Waals surface area contributed by atoms with Crippen molar-refractivity contribution in [3.05, 3.63) is 24.3 Å². The molecule has 116 valence electrons. The zero-order chi connectivity index (χ0) is 16.0. The van der Waals surface area contributed by atoms with Gasteiger partial charge in [-0.1, -0.05) is 32.9 Å². The highest BCUT2D eigenvalue weighted by atomic mass is 16.5. The van der Waals surface area contributed by atoms with E-state index in [0.717, 1.165) is 0 Å². The summed E-state index contributed by atoms with van der Waals surface area (Å²) < 4.78 is 10.5. The van der Waals surface area contributed by atoms with E-state index in [0.29, 0.717) is 11.5 Å². The lowest BCUT2D eigenvalue weighted by molar-refractivity contribution is -0.145. The van der Waals surface area contributed by atoms with Crippen molar-refractivity contribution in [3.63, 3.8) is 0 Å². The second kappa shape index (κ2) is 6.97. The van der Waals surface area contributed by atoms with Gasteiger partial charge in [-0.2, -0.15) is 0 Å². The van der Waals surface area contributed by atoms with Crippen molar-refractivity contribution < 1.29 is 24.2 Å². The lowest BCUT2D eigenvalue weighted by atomic mass is 9.87. The number of nitrogens with one attached hydrogen (secondary N) is 1. The molecular formula is C15H21NO5. The van der Waals surface area contributed by atoms with E-state index >= 15 is 0 Å². The molecule has 0 aromatic heterocycles. The van der Waals surface area contributed by atoms with Crippen LogP contribution in [0.1, 0.15) is 20.8 Å². The van der Waals surface area contributed by atoms with Crippen molar-refractivity contribution in [3.8, 4) is 11.5 Å². The van der Waals surface area contributed by atoms with Gasteiger partial charge in [0.15, 0.2) is 18.1 Å². The number of carboxylic acids is 1. The second-order valence-corrected chi connectivity index (χ2v) is 5.64. The first kappa shape index (κ1) is 16.8. The van der Waals surface area contributed by atoms with Crippen LogP contribution < -0.4 is 14.8 Å². The van der Waals surface area contributed by atoms with Crippen LogP contribution in [0.15, 0.2) is 24.3 Å². The van der Waals surface area contributed by atoms with Crippen molar-refractivity contribution in [2.24, 2.45) is 5.41 Å². The predicted octanol–water partition coefficient (Wildman–Crippen LogP) is 1.69. The second-order valence-electron chi connectivity index (χ2n) is 5.64. The smallest absolute Gasteiger partial charge is 0.326 e. The van der Waals surface area contributed by atoms with E-state index in [1.165, 1.54) is 7.11 Å². The molecule has 0 spiro atoms. The molecule has 0 saturated carbocycles. The number of amides is 1. The monoisotopic (exact) mass is 295 g/mol. The highest BCUT2D eigenvalue weighted by Crippen LogP contribution is 2.25. The molecule has 2 N–H and O–H groups in total. The van der Waals surface area contributed by atoms with Gasteiger partial charge in [0.1, 0.15) is 6.04 Å². The highest BCUT2D eigenvalue weighted by Gasteiger charge is 2.32. The van der Waals surface area contributed by atoms with Crippen molar-refractivity contribution in [2.45, 2.75) is 26.8 Å². The maximum Gasteiger partial charge on any atom is 0.326 e. The van der Waals surface area contributed by atoms with Gasteiger partial charge >= 0.3 is 5.97 Å². The molecule has 0 aliphatic heterocycles. The Morgan fingerprint density at radius 3 is 2.29 bits per heavy atom. The van der Waals surface area contributed by atoms with Crippen LogP contribution in [0.3, 0.4) is 0 Å². The van der Waals surface area contributed by atoms with Gasteiger partial charge in [0.25, 0.3) is 5.91 Å². The molecule has 1 amide bonds. The van der Waals surface area contributed by atoms with Gasteiger partial charge in [-0.15, -0.1) is 0 Å². The summed E-state index contributed by atoms with van der Waals surface area (Å²) in [5.41, 5.74) is -0.591. The molecule has 1 unspecified atom stereocenters. The molecule has 1 atom stereocenters. The molecule has 6 nitrogen and oxygen atoms in total. The summed E-state index contributed by atoms with van der Waals surface area (Å²) >= 11 is 0. The third kappa shape index (κ3) is 4.98. The molecule has 0 saturated heterocycles. The third-order valence-corrected chi connectivity index (χ3v) is 2.85. The SMILES string of the molecule is COc1ccccc1OCC(=O)NC(C(=O)O)C(C)(C)C. The predicted molar refractivity (Wildman–Crippen MR) is 77.5 cm³/mol. The maximum atomic E-state index is 11.8. The Morgan fingerprint density at radius 1 is 1.24 bits per heavy atom. The first-order valence-corrected chi connectivity index (χ1v) is 6.53. The number of hydrogen-bond donors (Lipinski definition) is 2. The first-order chi connectivity index (χ1) is 9.75. The highest BCUT2D eigenvalue weighted by molar-refractivity contribution is 5.84. The van der Waals surface area contributed by atoms with E-state index in [-0.39, 0.29) is 6.61 Å². The largest absolute Gasteiger partial charge is 0.493 e. The molecule has 0 aliphatic carbocycles. The van der Waals surface area contributed by atoms with Crippen LogP contribution in [0.5, 0.6) is 11.5 Å². The molecule has 0 heterocycles. The van der Waals surface area contributed by atoms with Crippen molar-refractivity contribution in [1.29, 1.82) is 0 Å². The molecule has 0 fully saturated rings. The molecular weight excluding hydrogens is 274 g/mol. The number of rotatable bonds is 6. The minimum Gasteiger partial charge on any atom is -0.493 e. The van der Waals surface area contributed by atoms with Gasteiger partial charge in [0.05, 0.1) is 7.11 Å². The third-order valence-electron chi connectivity index (χ3n) is 2.85. The Kier molecular flexibility index (Phi) is 5.58. The minimum absolute atomic E-state index is 0.278. The Balaban J connectivity index is 2.63. The fourth-order valence-corrected chi connectivity index (χ4v) is 1.73. The Labute approximate surface area is 124 Å². The number of hydrogen-bond acceptors (Lipinski definition) is 4. The van der Waals surface area contributed by atoms with Gasteiger partial charge < -0.3 is 19.9 Å². The fourth-order valence-electron chi connectivity index (χ4n) is 1.73. The lowest BCUT2D eigenvalue weighted by Gasteiger charge is -2.27. The van der Waals surface area contributed by atoms with Gasteiger partial charge in [0.2, 0.25) is 0 Å². The molecule has 0 radical (unpaired) electrons. The van der Waals surface area contributed by atoms with Gasteiger partial charge in [0, 0.05) is 0 Å². The Hall–Kier alpha value is -2.24. The Morgan fingerprint density at radius 2 is 1.81 bits per heavy atom. The molecule has 0 bridgehead atoms. The van der Waals surface area contributed by atoms with Crippen LogP contribution in [-0.4, -0.2) is 36.7 Å². The maximum absolute atomic E-state index is 11.8. The summed E-state index contributed by atoms with van der Waals surface area (Å²) in [5.74, 6) is -0.634. The van der Waals surface area contributed by atoms with E-state index in [1.54, 1.807) is 45.0 Å². The van der Waals surface area contributed by atoms with Gasteiger partial charge in [-0.3, -0.25) is 4.79 Å². The Bertz CT molecular complexity index is 507. The van der Waals surface area contributed by atoms with Crippen LogP contribution in [0.2, 0.25) is 0 Å². The van der Waals surface area contributed by atoms with E-state index in [2.05, 4.69) is 5.32 Å². The average Bonchev–Trinajstić information content (AvgIpc) is 2.41. The van der Waals surface area contributed by atoms with Crippen molar-refractivity contribution in [2.75, 3.05) is 13.7 Å². The van der Waals surface area contributed by atoms with Crippen molar-refractivity contribution in [1.82, 2.24) is 5.32 Å². The quantitative estimate of drug-likeness (QED) is 0.834. The summed E-state index contributed by atoms with van der Waals surface area (Å²) in [7, 11) is 1.50. The number of ether oxygens (including phenoxy) is 2. The lowest BCUT2D eigenvalue weighted by Crippen LogP contribution is -2.50. The molecule has 1 rings (SSSR count). The normalized spacial score (nSPS) is 12.4. The van der Waals surface area contributed by atoms with Crippen LogP contribution >= 0.6 is 0 Å². The van der Waals surface area contributed by atoms with Crippen molar-refractivity contribution >= 4 is 11.9 Å². The topological polar surface area (TPSA) is 84.9 Å². The summed E-state index contributed by atoms with van der Waals surface area (Å²) in [4.78, 5) is 23.0. The number of carbonyl (C=O) groups excluding carboxylic acids is 1. The summed E-state index contributed by atoms with van der Waals surface area (Å²) in [6.45, 7) is 4.95. The molecule has 0 aliphatic rings. The first-order valence-electron chi connectivity index (χ1n) is 6.53. The molecule has 6 heteroatoms. The summed E-state index contributed by atoms with van der Waals surface area (Å²) in [6, 6.07) is 5.94. The minimum atomic E-state index is -1.08. The number of aliphatic carboxylic acids is 1. The van der Waals surface area contributed by atoms with Crippen LogP contribution in [0, 0.1) is 5.41 Å². The van der Waals surface area contributed by atoms with Gasteiger partial charge in [-0.25, -0.2) is 4.79 Å². The summed E-state index contributed by atoms with van der Waals surface area (Å²) in [5, 5.41) is 11.6. The number of carbonyl (C=O) groups is 2. The van der Waals surface area contributed by atoms with Crippen LogP contribution in [-0.2, 0) is 9.59 Å². The number of benzene rings is 1. The fraction of sp³-hybridized carbons (Fsp3) is 0.467. The number of methoxy groups -OCH3 is 1. The van der Waals surface area contributed by atoms with E-state index in [9.17, 15) is 9.59 Å². The molecule has 1 aromatic rings. The number of carboxylic acid groups (broad SMARTS) is 1. The molecule has 21 heavy (non-hydrogen) atoms. The standard InChI is InChI=1S/C15H21NO5/c1-15(2,3)13(14(18)19)16-12(17)9-21-11-8-6-5-7-10(11)20-4/h5-8,13H,9H2,1-4H3,(H,16,17)(H,18,19). The average molecular weight is 295 g/mol. The van der Waals surface area contributed by atoms with E-state index in [1.807, 2.05) is 0 Å². The van der Waals surface area contributed by atoms with E-state index < -0.39 is 23.3 Å².